The molecule has 0 fully saturated rings. The van der Waals surface area contributed by atoms with Crippen molar-refractivity contribution in [3.8, 4) is 33.4 Å². The van der Waals surface area contributed by atoms with Crippen LogP contribution < -0.4 is 9.80 Å². The van der Waals surface area contributed by atoms with Gasteiger partial charge in [0, 0.05) is 39.7 Å². The smallest absolute Gasteiger partial charge is 0.137 e. The predicted molar refractivity (Wildman–Crippen MR) is 212 cm³/mol. The van der Waals surface area contributed by atoms with E-state index in [1.165, 1.54) is 22.3 Å². The molecule has 0 aliphatic carbocycles. The van der Waals surface area contributed by atoms with Gasteiger partial charge in [0.15, 0.2) is 0 Å². The zero-order valence-corrected chi connectivity index (χ0v) is 29.4. The van der Waals surface area contributed by atoms with Crippen molar-refractivity contribution in [1.29, 1.82) is 0 Å². The maximum absolute atomic E-state index is 5.22. The SMILES string of the molecule is Cc1ccc2c(c1)N(c1cc(C)c(-c3ccccc3)cn1)c1ccccc1-c1ccccc1N(c1cccc(C(C)(C)C)c1)c1ccccc1-2. The van der Waals surface area contributed by atoms with Crippen LogP contribution in [0.5, 0.6) is 0 Å². The normalized spacial score (nSPS) is 12.4. The topological polar surface area (TPSA) is 19.4 Å². The molecule has 1 aliphatic rings. The minimum absolute atomic E-state index is 0.00453. The first-order valence-corrected chi connectivity index (χ1v) is 17.4. The monoisotopic (exact) mass is 647 g/mol. The summed E-state index contributed by atoms with van der Waals surface area (Å²) in [5, 5.41) is 0. The number of nitrogens with zero attached hydrogens (tertiary/aromatic N) is 3. The van der Waals surface area contributed by atoms with Crippen LogP contribution in [0.3, 0.4) is 0 Å². The van der Waals surface area contributed by atoms with Crippen molar-refractivity contribution in [2.45, 2.75) is 40.0 Å². The summed E-state index contributed by atoms with van der Waals surface area (Å²) in [4.78, 5) is 10.0. The van der Waals surface area contributed by atoms with E-state index in [9.17, 15) is 0 Å². The Kier molecular flexibility index (Phi) is 7.84. The number of benzene rings is 6. The molecule has 3 heteroatoms. The fraction of sp³-hybridized carbons (Fsp3) is 0.128. The third-order valence-corrected chi connectivity index (χ3v) is 9.79. The summed E-state index contributed by atoms with van der Waals surface area (Å²) < 4.78 is 0. The summed E-state index contributed by atoms with van der Waals surface area (Å²) in [7, 11) is 0. The lowest BCUT2D eigenvalue weighted by Gasteiger charge is -2.35. The first-order chi connectivity index (χ1) is 24.3. The third-order valence-electron chi connectivity index (χ3n) is 9.79. The second-order valence-electron chi connectivity index (χ2n) is 14.3. The van der Waals surface area contributed by atoms with Crippen LogP contribution in [0.4, 0.5) is 34.3 Å². The van der Waals surface area contributed by atoms with Crippen LogP contribution in [0.2, 0.25) is 0 Å². The average molecular weight is 648 g/mol. The molecule has 0 amide bonds. The first-order valence-electron chi connectivity index (χ1n) is 17.4. The number of hydrogen-bond donors (Lipinski definition) is 0. The molecule has 0 atom stereocenters. The van der Waals surface area contributed by atoms with Crippen LogP contribution >= 0.6 is 0 Å². The van der Waals surface area contributed by atoms with E-state index in [2.05, 4.69) is 196 Å². The lowest BCUT2D eigenvalue weighted by Crippen LogP contribution is -2.18. The standard InChI is InChI=1S/C47H41N3/c1-32-26-27-40-39-22-10-13-24-43(39)49(36-19-15-18-35(30-36)47(3,4)5)42-23-12-9-20-37(42)38-21-11-14-25-44(38)50(45(40)28-32)46-29-33(2)41(31-48-46)34-16-7-6-8-17-34/h6-31H,1-5H3. The Labute approximate surface area is 296 Å². The molecule has 1 aliphatic heterocycles. The Morgan fingerprint density at radius 3 is 1.62 bits per heavy atom. The van der Waals surface area contributed by atoms with E-state index in [-0.39, 0.29) is 5.41 Å². The van der Waals surface area contributed by atoms with E-state index in [0.29, 0.717) is 0 Å². The van der Waals surface area contributed by atoms with Gasteiger partial charge in [0.2, 0.25) is 0 Å². The molecule has 0 N–H and O–H groups in total. The number of aryl methyl sites for hydroxylation is 2. The lowest BCUT2D eigenvalue weighted by molar-refractivity contribution is 0.590. The van der Waals surface area contributed by atoms with Crippen LogP contribution in [-0.4, -0.2) is 4.98 Å². The number of rotatable bonds is 3. The first kappa shape index (κ1) is 31.3. The second kappa shape index (κ2) is 12.5. The molecule has 7 aromatic rings. The van der Waals surface area contributed by atoms with Crippen molar-refractivity contribution < 1.29 is 0 Å². The fourth-order valence-electron chi connectivity index (χ4n) is 7.22. The zero-order valence-electron chi connectivity index (χ0n) is 29.4. The van der Waals surface area contributed by atoms with Crippen LogP contribution in [-0.2, 0) is 5.41 Å². The van der Waals surface area contributed by atoms with Crippen molar-refractivity contribution in [1.82, 2.24) is 4.98 Å². The Morgan fingerprint density at radius 2 is 1.02 bits per heavy atom. The molecule has 8 rings (SSSR count). The van der Waals surface area contributed by atoms with Gasteiger partial charge in [-0.25, -0.2) is 4.98 Å². The van der Waals surface area contributed by atoms with Gasteiger partial charge in [-0.05, 0) is 84.0 Å². The van der Waals surface area contributed by atoms with Crippen molar-refractivity contribution in [2.75, 3.05) is 9.80 Å². The Morgan fingerprint density at radius 1 is 0.460 bits per heavy atom. The summed E-state index contributed by atoms with van der Waals surface area (Å²) in [6, 6.07) is 55.0. The number of anilines is 6. The molecule has 2 heterocycles. The maximum Gasteiger partial charge on any atom is 0.137 e. The Hall–Kier alpha value is -5.93. The largest absolute Gasteiger partial charge is 0.309 e. The van der Waals surface area contributed by atoms with Crippen molar-refractivity contribution in [3.63, 3.8) is 0 Å². The van der Waals surface area contributed by atoms with Gasteiger partial charge < -0.3 is 4.90 Å². The third kappa shape index (κ3) is 5.55. The van der Waals surface area contributed by atoms with Crippen LogP contribution in [0.15, 0.2) is 158 Å². The molecule has 0 saturated heterocycles. The molecular formula is C47H41N3. The molecule has 6 aromatic carbocycles. The summed E-state index contributed by atoms with van der Waals surface area (Å²) in [6.07, 6.45) is 2.03. The Balaban J connectivity index is 1.46. The van der Waals surface area contributed by atoms with E-state index in [1.807, 2.05) is 6.20 Å². The molecule has 244 valence electrons. The molecule has 0 bridgehead atoms. The molecule has 0 saturated carbocycles. The summed E-state index contributed by atoms with van der Waals surface area (Å²) in [5.74, 6) is 0.881. The van der Waals surface area contributed by atoms with Gasteiger partial charge in [0.25, 0.3) is 0 Å². The lowest BCUT2D eigenvalue weighted by atomic mass is 9.86. The van der Waals surface area contributed by atoms with Crippen LogP contribution in [0.1, 0.15) is 37.5 Å². The fourth-order valence-corrected chi connectivity index (χ4v) is 7.22. The summed E-state index contributed by atoms with van der Waals surface area (Å²) in [5.41, 5.74) is 16.1. The molecule has 0 unspecified atom stereocenters. The number of pyridine rings is 1. The van der Waals surface area contributed by atoms with Crippen LogP contribution in [0.25, 0.3) is 33.4 Å². The van der Waals surface area contributed by atoms with Crippen molar-refractivity contribution in [3.05, 3.63) is 175 Å². The van der Waals surface area contributed by atoms with Gasteiger partial charge in [0.1, 0.15) is 5.82 Å². The van der Waals surface area contributed by atoms with E-state index in [0.717, 1.165) is 62.1 Å². The molecule has 0 radical (unpaired) electrons. The zero-order chi connectivity index (χ0) is 34.4. The minimum atomic E-state index is 0.00453. The number of fused-ring (bicyclic) bond motifs is 6. The second-order valence-corrected chi connectivity index (χ2v) is 14.3. The molecular weight excluding hydrogens is 607 g/mol. The van der Waals surface area contributed by atoms with Crippen molar-refractivity contribution >= 4 is 34.3 Å². The molecule has 0 spiro atoms. The summed E-state index contributed by atoms with van der Waals surface area (Å²) >= 11 is 0. The minimum Gasteiger partial charge on any atom is -0.309 e. The summed E-state index contributed by atoms with van der Waals surface area (Å²) in [6.45, 7) is 11.2. The van der Waals surface area contributed by atoms with Gasteiger partial charge in [-0.3, -0.25) is 4.90 Å². The quantitative estimate of drug-likeness (QED) is 0.190. The van der Waals surface area contributed by atoms with E-state index >= 15 is 0 Å². The predicted octanol–water partition coefficient (Wildman–Crippen LogP) is 13.2. The van der Waals surface area contributed by atoms with E-state index < -0.39 is 0 Å². The highest BCUT2D eigenvalue weighted by Gasteiger charge is 2.29. The maximum atomic E-state index is 5.22. The van der Waals surface area contributed by atoms with Gasteiger partial charge in [0.05, 0.1) is 22.7 Å². The molecule has 1 aromatic heterocycles. The van der Waals surface area contributed by atoms with Crippen molar-refractivity contribution in [2.24, 2.45) is 0 Å². The highest BCUT2D eigenvalue weighted by atomic mass is 15.2. The van der Waals surface area contributed by atoms with E-state index in [1.54, 1.807) is 0 Å². The van der Waals surface area contributed by atoms with Crippen LogP contribution in [0, 0.1) is 13.8 Å². The average Bonchev–Trinajstić information content (AvgIpc) is 3.13. The van der Waals surface area contributed by atoms with Gasteiger partial charge in [-0.2, -0.15) is 0 Å². The van der Waals surface area contributed by atoms with Gasteiger partial charge in [-0.15, -0.1) is 0 Å². The van der Waals surface area contributed by atoms with Gasteiger partial charge in [-0.1, -0.05) is 130 Å². The highest BCUT2D eigenvalue weighted by Crippen LogP contribution is 2.52. The highest BCUT2D eigenvalue weighted by molar-refractivity contribution is 6.02. The molecule has 3 nitrogen and oxygen atoms in total. The molecule has 50 heavy (non-hydrogen) atoms. The number of hydrogen-bond acceptors (Lipinski definition) is 3. The number of aromatic nitrogens is 1. The number of para-hydroxylation sites is 3. The van der Waals surface area contributed by atoms with Gasteiger partial charge >= 0.3 is 0 Å². The Bertz CT molecular complexity index is 2350. The van der Waals surface area contributed by atoms with E-state index in [4.69, 9.17) is 4.98 Å².